The average Bonchev–Trinajstić information content (AvgIpc) is 2.86. The van der Waals surface area contributed by atoms with Crippen LogP contribution in [-0.2, 0) is 0 Å². The molecule has 0 unspecified atom stereocenters. The Bertz CT molecular complexity index is 561. The van der Waals surface area contributed by atoms with Gasteiger partial charge in [0, 0.05) is 12.1 Å². The molecule has 1 aromatic carbocycles. The number of nitrogens with one attached hydrogen (secondary N) is 1. The summed E-state index contributed by atoms with van der Waals surface area (Å²) in [6.45, 7) is 2.40. The maximum absolute atomic E-state index is 12.1. The molecule has 0 bridgehead atoms. The molecule has 0 aliphatic heterocycles. The third-order valence-electron chi connectivity index (χ3n) is 3.33. The number of benzene rings is 1. The van der Waals surface area contributed by atoms with Gasteiger partial charge >= 0.3 is 0 Å². The van der Waals surface area contributed by atoms with Crippen molar-refractivity contribution in [1.29, 1.82) is 0 Å². The lowest BCUT2D eigenvalue weighted by molar-refractivity contribution is 0.0913. The molecule has 0 saturated heterocycles. The van der Waals surface area contributed by atoms with Crippen LogP contribution in [0.3, 0.4) is 0 Å². The van der Waals surface area contributed by atoms with E-state index in [2.05, 4.69) is 22.3 Å². The van der Waals surface area contributed by atoms with Crippen LogP contribution in [0.15, 0.2) is 47.1 Å². The van der Waals surface area contributed by atoms with Crippen molar-refractivity contribution < 1.29 is 9.21 Å². The number of aryl methyl sites for hydroxylation is 1. The Hall–Kier alpha value is -2.07. The van der Waals surface area contributed by atoms with Gasteiger partial charge in [-0.1, -0.05) is 30.3 Å². The predicted octanol–water partition coefficient (Wildman–Crippen LogP) is 2.62. The van der Waals surface area contributed by atoms with Crippen LogP contribution in [0.25, 0.3) is 0 Å². The smallest absolute Gasteiger partial charge is 0.287 e. The Morgan fingerprint density at radius 2 is 1.95 bits per heavy atom. The summed E-state index contributed by atoms with van der Waals surface area (Å²) in [5.74, 6) is 0.214. The van der Waals surface area contributed by atoms with Gasteiger partial charge in [-0.05, 0) is 32.6 Å². The lowest BCUT2D eigenvalue weighted by Crippen LogP contribution is -2.34. The number of likely N-dealkylation sites (N-methyl/N-ethyl adjacent to an activating group) is 1. The van der Waals surface area contributed by atoms with Crippen molar-refractivity contribution >= 4 is 5.91 Å². The van der Waals surface area contributed by atoms with Crippen molar-refractivity contribution in [3.8, 4) is 0 Å². The van der Waals surface area contributed by atoms with E-state index in [4.69, 9.17) is 4.42 Å². The van der Waals surface area contributed by atoms with Gasteiger partial charge in [0.2, 0.25) is 0 Å². The molecule has 1 N–H and O–H groups in total. The number of carbonyl (C=O) groups is 1. The number of carbonyl (C=O) groups excluding carboxylic acids is 1. The third-order valence-corrected chi connectivity index (χ3v) is 3.33. The Morgan fingerprint density at radius 1 is 1.25 bits per heavy atom. The SMILES string of the molecule is Cc1ccoc1C(=O)NC[C@@H](c1ccccc1)N(C)C. The molecule has 0 saturated carbocycles. The summed E-state index contributed by atoms with van der Waals surface area (Å²) in [6, 6.07) is 12.0. The van der Waals surface area contributed by atoms with E-state index in [9.17, 15) is 4.79 Å². The second-order valence-corrected chi connectivity index (χ2v) is 5.03. The quantitative estimate of drug-likeness (QED) is 0.910. The van der Waals surface area contributed by atoms with Gasteiger partial charge in [0.05, 0.1) is 12.3 Å². The number of hydrogen-bond acceptors (Lipinski definition) is 3. The van der Waals surface area contributed by atoms with E-state index in [0.29, 0.717) is 12.3 Å². The molecule has 4 nitrogen and oxygen atoms in total. The number of rotatable bonds is 5. The molecule has 1 aromatic heterocycles. The normalized spacial score (nSPS) is 12.4. The zero-order valence-corrected chi connectivity index (χ0v) is 12.1. The maximum atomic E-state index is 12.1. The Balaban J connectivity index is 2.04. The zero-order valence-electron chi connectivity index (χ0n) is 12.1. The summed E-state index contributed by atoms with van der Waals surface area (Å²) in [6.07, 6.45) is 1.53. The van der Waals surface area contributed by atoms with E-state index >= 15 is 0 Å². The van der Waals surface area contributed by atoms with Gasteiger partial charge in [0.15, 0.2) is 5.76 Å². The van der Waals surface area contributed by atoms with Crippen LogP contribution < -0.4 is 5.32 Å². The molecule has 4 heteroatoms. The van der Waals surface area contributed by atoms with Crippen molar-refractivity contribution in [2.24, 2.45) is 0 Å². The van der Waals surface area contributed by atoms with Gasteiger partial charge in [0.25, 0.3) is 5.91 Å². The first kappa shape index (κ1) is 14.3. The minimum absolute atomic E-state index is 0.135. The van der Waals surface area contributed by atoms with Crippen molar-refractivity contribution in [3.05, 3.63) is 59.5 Å². The highest BCUT2D eigenvalue weighted by molar-refractivity contribution is 5.92. The van der Waals surface area contributed by atoms with Gasteiger partial charge in [-0.3, -0.25) is 4.79 Å². The van der Waals surface area contributed by atoms with Crippen molar-refractivity contribution in [2.75, 3.05) is 20.6 Å². The molecule has 2 aromatic rings. The average molecular weight is 272 g/mol. The largest absolute Gasteiger partial charge is 0.459 e. The summed E-state index contributed by atoms with van der Waals surface area (Å²) in [5.41, 5.74) is 2.03. The summed E-state index contributed by atoms with van der Waals surface area (Å²) < 4.78 is 5.20. The molecule has 1 heterocycles. The summed E-state index contributed by atoms with van der Waals surface area (Å²) >= 11 is 0. The van der Waals surface area contributed by atoms with E-state index < -0.39 is 0 Å². The van der Waals surface area contributed by atoms with Crippen molar-refractivity contribution in [2.45, 2.75) is 13.0 Å². The first-order valence-corrected chi connectivity index (χ1v) is 6.63. The lowest BCUT2D eigenvalue weighted by atomic mass is 10.1. The molecule has 0 fully saturated rings. The number of furan rings is 1. The molecule has 0 radical (unpaired) electrons. The second-order valence-electron chi connectivity index (χ2n) is 5.03. The Kier molecular flexibility index (Phi) is 4.58. The van der Waals surface area contributed by atoms with Crippen LogP contribution in [0.4, 0.5) is 0 Å². The summed E-state index contributed by atoms with van der Waals surface area (Å²) in [7, 11) is 4.00. The molecule has 2 rings (SSSR count). The number of nitrogens with zero attached hydrogens (tertiary/aromatic N) is 1. The van der Waals surface area contributed by atoms with Gasteiger partial charge in [-0.2, -0.15) is 0 Å². The Morgan fingerprint density at radius 3 is 2.50 bits per heavy atom. The fraction of sp³-hybridized carbons (Fsp3) is 0.312. The van der Waals surface area contributed by atoms with Crippen molar-refractivity contribution in [3.63, 3.8) is 0 Å². The molecule has 0 aliphatic carbocycles. The zero-order chi connectivity index (χ0) is 14.5. The van der Waals surface area contributed by atoms with Gasteiger partial charge in [-0.15, -0.1) is 0 Å². The second kappa shape index (κ2) is 6.39. The van der Waals surface area contributed by atoms with Crippen LogP contribution in [0, 0.1) is 6.92 Å². The van der Waals surface area contributed by atoms with Crippen LogP contribution in [0.2, 0.25) is 0 Å². The van der Waals surface area contributed by atoms with Gasteiger partial charge in [0.1, 0.15) is 0 Å². The van der Waals surface area contributed by atoms with Crippen LogP contribution in [0.1, 0.15) is 27.7 Å². The molecule has 1 atom stereocenters. The first-order valence-electron chi connectivity index (χ1n) is 6.63. The van der Waals surface area contributed by atoms with E-state index in [-0.39, 0.29) is 11.9 Å². The first-order chi connectivity index (χ1) is 9.59. The van der Waals surface area contributed by atoms with E-state index in [1.807, 2.05) is 39.2 Å². The molecule has 1 amide bonds. The molecule has 0 spiro atoms. The van der Waals surface area contributed by atoms with Crippen LogP contribution in [-0.4, -0.2) is 31.4 Å². The Labute approximate surface area is 119 Å². The topological polar surface area (TPSA) is 45.5 Å². The van der Waals surface area contributed by atoms with Gasteiger partial charge < -0.3 is 14.6 Å². The van der Waals surface area contributed by atoms with Crippen LogP contribution in [0.5, 0.6) is 0 Å². The number of hydrogen-bond donors (Lipinski definition) is 1. The van der Waals surface area contributed by atoms with E-state index in [1.165, 1.54) is 11.8 Å². The molecule has 106 valence electrons. The number of amides is 1. The van der Waals surface area contributed by atoms with Gasteiger partial charge in [-0.25, -0.2) is 0 Å². The molecule has 20 heavy (non-hydrogen) atoms. The maximum Gasteiger partial charge on any atom is 0.287 e. The minimum atomic E-state index is -0.171. The van der Waals surface area contributed by atoms with Crippen LogP contribution >= 0.6 is 0 Å². The fourth-order valence-corrected chi connectivity index (χ4v) is 2.15. The predicted molar refractivity (Wildman–Crippen MR) is 78.6 cm³/mol. The fourth-order valence-electron chi connectivity index (χ4n) is 2.15. The monoisotopic (exact) mass is 272 g/mol. The molecular formula is C16H20N2O2. The summed E-state index contributed by atoms with van der Waals surface area (Å²) in [4.78, 5) is 14.1. The van der Waals surface area contributed by atoms with Crippen molar-refractivity contribution in [1.82, 2.24) is 10.2 Å². The molecular weight excluding hydrogens is 252 g/mol. The minimum Gasteiger partial charge on any atom is -0.459 e. The van der Waals surface area contributed by atoms with E-state index in [0.717, 1.165) is 5.56 Å². The lowest BCUT2D eigenvalue weighted by Gasteiger charge is -2.25. The standard InChI is InChI=1S/C16H20N2O2/c1-12-9-10-20-15(12)16(19)17-11-14(18(2)3)13-7-5-4-6-8-13/h4-10,14H,11H2,1-3H3,(H,17,19)/t14-/m0/s1. The van der Waals surface area contributed by atoms with E-state index in [1.54, 1.807) is 6.07 Å². The summed E-state index contributed by atoms with van der Waals surface area (Å²) in [5, 5.41) is 2.93. The molecule has 0 aliphatic rings. The third kappa shape index (κ3) is 3.27. The highest BCUT2D eigenvalue weighted by Crippen LogP contribution is 2.17. The highest BCUT2D eigenvalue weighted by atomic mass is 16.3. The highest BCUT2D eigenvalue weighted by Gasteiger charge is 2.17.